The van der Waals surface area contributed by atoms with E-state index in [9.17, 15) is 14.4 Å². The fraction of sp³-hybridized carbons (Fsp3) is 0.693. The van der Waals surface area contributed by atoms with Crippen LogP contribution in [0.3, 0.4) is 0 Å². The number of carbonyl (C=O) groups is 3. The Morgan fingerprint density at radius 2 is 0.481 bits per heavy atom. The molecule has 0 aliphatic carbocycles. The molecule has 1 unspecified atom stereocenters. The van der Waals surface area contributed by atoms with E-state index in [1.54, 1.807) is 0 Å². The average Bonchev–Trinajstić information content (AvgIpc) is 3.47. The molecule has 0 aromatic carbocycles. The molecular weight excluding hydrogens is 997 g/mol. The standard InChI is InChI=1S/C75H126O6/c1-4-7-10-13-16-19-22-25-28-31-34-37-40-43-46-49-52-55-58-61-64-67-73(76)79-70-72(81-75(78)69-66-63-60-57-54-51-48-45-42-39-36-33-30-27-24-21-18-15-12-9-6-3)71-80-74(77)68-65-62-59-56-53-50-47-44-41-38-35-32-29-26-23-20-17-14-11-8-5-2/h7,10,16,19,23-28,32-37,43,46,52,55,72H,4-6,8-9,11-15,17-18,20-22,29-31,38-42,44-45,47-51,53-54,56-71H2,1-3H3/b10-7-,19-16-,26-23-,27-24-,28-25-,35-32-,36-33-,37-34-,46-43-,55-52-. The number of unbranched alkanes of at least 4 members (excludes halogenated alkanes) is 30. The van der Waals surface area contributed by atoms with E-state index in [2.05, 4.69) is 142 Å². The van der Waals surface area contributed by atoms with Gasteiger partial charge in [0.1, 0.15) is 13.2 Å². The first kappa shape index (κ1) is 76.8. The van der Waals surface area contributed by atoms with Crippen LogP contribution in [0.15, 0.2) is 122 Å². The van der Waals surface area contributed by atoms with Crippen LogP contribution in [0.5, 0.6) is 0 Å². The normalized spacial score (nSPS) is 12.9. The lowest BCUT2D eigenvalue weighted by Crippen LogP contribution is -2.30. The van der Waals surface area contributed by atoms with E-state index in [0.29, 0.717) is 19.3 Å². The topological polar surface area (TPSA) is 78.9 Å². The summed E-state index contributed by atoms with van der Waals surface area (Å²) >= 11 is 0. The largest absolute Gasteiger partial charge is 0.462 e. The maximum absolute atomic E-state index is 13.0. The second-order valence-corrected chi connectivity index (χ2v) is 22.3. The third-order valence-corrected chi connectivity index (χ3v) is 14.4. The van der Waals surface area contributed by atoms with Gasteiger partial charge in [-0.05, 0) is 135 Å². The second kappa shape index (κ2) is 68.3. The van der Waals surface area contributed by atoms with Gasteiger partial charge in [-0.25, -0.2) is 0 Å². The zero-order valence-corrected chi connectivity index (χ0v) is 53.0. The van der Waals surface area contributed by atoms with Gasteiger partial charge in [0, 0.05) is 19.3 Å². The molecule has 0 amide bonds. The monoisotopic (exact) mass is 1120 g/mol. The van der Waals surface area contributed by atoms with Crippen molar-refractivity contribution < 1.29 is 28.6 Å². The van der Waals surface area contributed by atoms with Crippen molar-refractivity contribution in [1.82, 2.24) is 0 Å². The Hall–Kier alpha value is -4.19. The lowest BCUT2D eigenvalue weighted by atomic mass is 10.1. The summed E-state index contributed by atoms with van der Waals surface area (Å²) in [6, 6.07) is 0. The van der Waals surface area contributed by atoms with E-state index < -0.39 is 6.10 Å². The molecule has 0 aromatic heterocycles. The molecule has 0 bridgehead atoms. The molecule has 0 saturated carbocycles. The predicted octanol–water partition coefficient (Wildman–Crippen LogP) is 23.6. The molecule has 0 N–H and O–H groups in total. The van der Waals surface area contributed by atoms with Crippen LogP contribution in [0.2, 0.25) is 0 Å². The van der Waals surface area contributed by atoms with Crippen molar-refractivity contribution in [2.45, 2.75) is 322 Å². The molecule has 0 aliphatic rings. The molecule has 6 heteroatoms. The van der Waals surface area contributed by atoms with Gasteiger partial charge in [0.2, 0.25) is 0 Å². The summed E-state index contributed by atoms with van der Waals surface area (Å²) in [6.07, 6.45) is 94.9. The SMILES string of the molecule is CC/C=C\C/C=C\C/C=C\C/C=C\C/C=C\C/C=C\CCCCC(=O)OCC(COC(=O)CCCCCCCCCCC/C=C\C/C=C\CCCCCCC)OC(=O)CCCCCCCCCCC/C=C\C/C=C\CCCCCCC. The highest BCUT2D eigenvalue weighted by Gasteiger charge is 2.19. The first-order chi connectivity index (χ1) is 40.0. The zero-order valence-electron chi connectivity index (χ0n) is 53.0. The molecule has 0 aromatic rings. The van der Waals surface area contributed by atoms with Crippen LogP contribution in [-0.4, -0.2) is 37.2 Å². The van der Waals surface area contributed by atoms with Crippen molar-refractivity contribution in [2.75, 3.05) is 13.2 Å². The Bertz CT molecular complexity index is 1670. The van der Waals surface area contributed by atoms with Gasteiger partial charge in [-0.3, -0.25) is 14.4 Å². The van der Waals surface area contributed by atoms with Crippen molar-refractivity contribution in [1.29, 1.82) is 0 Å². The molecular formula is C75H126O6. The lowest BCUT2D eigenvalue weighted by Gasteiger charge is -2.18. The van der Waals surface area contributed by atoms with Crippen LogP contribution in [0.4, 0.5) is 0 Å². The molecule has 81 heavy (non-hydrogen) atoms. The molecule has 0 rings (SSSR count). The summed E-state index contributed by atoms with van der Waals surface area (Å²) in [5.41, 5.74) is 0. The molecule has 0 fully saturated rings. The molecule has 1 atom stereocenters. The van der Waals surface area contributed by atoms with Crippen molar-refractivity contribution in [2.24, 2.45) is 0 Å². The number of esters is 3. The lowest BCUT2D eigenvalue weighted by molar-refractivity contribution is -0.167. The Balaban J connectivity index is 4.48. The van der Waals surface area contributed by atoms with E-state index in [1.165, 1.54) is 167 Å². The van der Waals surface area contributed by atoms with E-state index in [-0.39, 0.29) is 31.1 Å². The highest BCUT2D eigenvalue weighted by Crippen LogP contribution is 2.16. The minimum atomic E-state index is -0.806. The molecule has 0 saturated heterocycles. The van der Waals surface area contributed by atoms with Gasteiger partial charge in [-0.1, -0.05) is 284 Å². The minimum absolute atomic E-state index is 0.0976. The van der Waals surface area contributed by atoms with Gasteiger partial charge in [-0.2, -0.15) is 0 Å². The quantitative estimate of drug-likeness (QED) is 0.0261. The molecule has 0 aliphatic heterocycles. The molecule has 0 heterocycles. The first-order valence-corrected chi connectivity index (χ1v) is 34.0. The molecule has 0 radical (unpaired) electrons. The van der Waals surface area contributed by atoms with Gasteiger partial charge in [-0.15, -0.1) is 0 Å². The Labute approximate surface area is 501 Å². The van der Waals surface area contributed by atoms with Crippen LogP contribution in [0, 0.1) is 0 Å². The summed E-state index contributed by atoms with van der Waals surface area (Å²) in [5, 5.41) is 0. The van der Waals surface area contributed by atoms with Crippen LogP contribution in [0.25, 0.3) is 0 Å². The van der Waals surface area contributed by atoms with Crippen molar-refractivity contribution in [3.05, 3.63) is 122 Å². The van der Waals surface area contributed by atoms with E-state index in [4.69, 9.17) is 14.2 Å². The van der Waals surface area contributed by atoms with E-state index in [1.807, 2.05) is 0 Å². The summed E-state index contributed by atoms with van der Waals surface area (Å²) in [4.78, 5) is 38.4. The minimum Gasteiger partial charge on any atom is -0.462 e. The number of rotatable bonds is 61. The first-order valence-electron chi connectivity index (χ1n) is 34.0. The number of allylic oxidation sites excluding steroid dienone is 20. The van der Waals surface area contributed by atoms with Gasteiger partial charge in [0.05, 0.1) is 0 Å². The number of hydrogen-bond acceptors (Lipinski definition) is 6. The van der Waals surface area contributed by atoms with E-state index >= 15 is 0 Å². The predicted molar refractivity (Wildman–Crippen MR) is 353 cm³/mol. The summed E-state index contributed by atoms with van der Waals surface area (Å²) in [5.74, 6) is -0.942. The Morgan fingerprint density at radius 3 is 0.778 bits per heavy atom. The Morgan fingerprint density at radius 1 is 0.259 bits per heavy atom. The fourth-order valence-corrected chi connectivity index (χ4v) is 9.33. The van der Waals surface area contributed by atoms with Gasteiger partial charge in [0.15, 0.2) is 6.10 Å². The second-order valence-electron chi connectivity index (χ2n) is 22.3. The number of ether oxygens (including phenoxy) is 3. The molecule has 6 nitrogen and oxygen atoms in total. The van der Waals surface area contributed by atoms with Gasteiger partial charge >= 0.3 is 17.9 Å². The van der Waals surface area contributed by atoms with Gasteiger partial charge in [0.25, 0.3) is 0 Å². The average molecular weight is 1120 g/mol. The van der Waals surface area contributed by atoms with Crippen molar-refractivity contribution >= 4 is 17.9 Å². The van der Waals surface area contributed by atoms with Crippen LogP contribution in [-0.2, 0) is 28.6 Å². The summed E-state index contributed by atoms with van der Waals surface area (Å²) in [7, 11) is 0. The maximum atomic E-state index is 13.0. The highest BCUT2D eigenvalue weighted by atomic mass is 16.6. The molecule has 462 valence electrons. The van der Waals surface area contributed by atoms with E-state index in [0.717, 1.165) is 109 Å². The smallest absolute Gasteiger partial charge is 0.306 e. The number of hydrogen-bond donors (Lipinski definition) is 0. The van der Waals surface area contributed by atoms with Crippen LogP contribution < -0.4 is 0 Å². The van der Waals surface area contributed by atoms with Crippen molar-refractivity contribution in [3.8, 4) is 0 Å². The molecule has 0 spiro atoms. The third kappa shape index (κ3) is 66.5. The Kier molecular flexibility index (Phi) is 64.8. The van der Waals surface area contributed by atoms with Gasteiger partial charge < -0.3 is 14.2 Å². The van der Waals surface area contributed by atoms with Crippen molar-refractivity contribution in [3.63, 3.8) is 0 Å². The zero-order chi connectivity index (χ0) is 58.5. The third-order valence-electron chi connectivity index (χ3n) is 14.4. The van der Waals surface area contributed by atoms with Crippen LogP contribution in [0.1, 0.15) is 316 Å². The summed E-state index contributed by atoms with van der Waals surface area (Å²) in [6.45, 7) is 6.49. The fourth-order valence-electron chi connectivity index (χ4n) is 9.33. The highest BCUT2D eigenvalue weighted by molar-refractivity contribution is 5.71. The number of carbonyl (C=O) groups excluding carboxylic acids is 3. The maximum Gasteiger partial charge on any atom is 0.306 e. The van der Waals surface area contributed by atoms with Crippen LogP contribution >= 0.6 is 0 Å². The summed E-state index contributed by atoms with van der Waals surface area (Å²) < 4.78 is 16.9.